The number of methoxy groups -OCH3 is 1. The number of rotatable bonds is 2. The molecule has 4 heteroatoms. The van der Waals surface area contributed by atoms with E-state index in [-0.39, 0.29) is 0 Å². The lowest BCUT2D eigenvalue weighted by molar-refractivity contribution is 0.320. The summed E-state index contributed by atoms with van der Waals surface area (Å²) in [7, 11) is 3.93. The first-order chi connectivity index (χ1) is 12.8. The largest absolute Gasteiger partial charge is 0.497 e. The van der Waals surface area contributed by atoms with Gasteiger partial charge in [-0.05, 0) is 80.5 Å². The monoisotopic (exact) mass is 353 g/mol. The molecular weight excluding hydrogens is 322 g/mol. The first-order valence-electron chi connectivity index (χ1n) is 9.63. The molecule has 4 nitrogen and oxygen atoms in total. The second kappa shape index (κ2) is 9.72. The third kappa shape index (κ3) is 5.07. The quantitative estimate of drug-likeness (QED) is 0.869. The van der Waals surface area contributed by atoms with Crippen molar-refractivity contribution in [3.63, 3.8) is 0 Å². The predicted molar refractivity (Wildman–Crippen MR) is 109 cm³/mol. The van der Waals surface area contributed by atoms with E-state index in [0.29, 0.717) is 0 Å². The molecule has 0 fully saturated rings. The van der Waals surface area contributed by atoms with Crippen molar-refractivity contribution in [3.05, 3.63) is 53.6 Å². The van der Waals surface area contributed by atoms with Crippen LogP contribution in [0, 0.1) is 0 Å². The second-order valence-electron chi connectivity index (χ2n) is 7.04. The van der Waals surface area contributed by atoms with E-state index in [2.05, 4.69) is 52.9 Å². The lowest BCUT2D eigenvalue weighted by atomic mass is 9.94. The standard InChI is InChI=1S/C22H31N3O/c1-25-14-4-12-23-16-19-6-3-7-20(17-24-13-5-15-25)22(19)18-8-10-21(26-2)11-9-18/h3,6-11,23-24H,4-5,12-17H2,1-2H3. The molecule has 3 rings (SSSR count). The fourth-order valence-electron chi connectivity index (χ4n) is 3.58. The van der Waals surface area contributed by atoms with Gasteiger partial charge in [-0.1, -0.05) is 30.3 Å². The van der Waals surface area contributed by atoms with Gasteiger partial charge in [0.2, 0.25) is 0 Å². The number of benzene rings is 2. The molecule has 0 unspecified atom stereocenters. The molecule has 0 aromatic heterocycles. The van der Waals surface area contributed by atoms with Crippen LogP contribution in [0.2, 0.25) is 0 Å². The minimum atomic E-state index is 0.898. The lowest BCUT2D eigenvalue weighted by Gasteiger charge is -2.20. The van der Waals surface area contributed by atoms with Crippen molar-refractivity contribution in [3.8, 4) is 16.9 Å². The van der Waals surface area contributed by atoms with Gasteiger partial charge in [0.1, 0.15) is 5.75 Å². The number of nitrogens with zero attached hydrogens (tertiary/aromatic N) is 1. The summed E-state index contributed by atoms with van der Waals surface area (Å²) in [5.41, 5.74) is 5.33. The summed E-state index contributed by atoms with van der Waals surface area (Å²) in [6.45, 7) is 6.21. The summed E-state index contributed by atoms with van der Waals surface area (Å²) in [6, 6.07) is 15.1. The molecule has 0 amide bonds. The molecule has 2 N–H and O–H groups in total. The highest BCUT2D eigenvalue weighted by atomic mass is 16.5. The van der Waals surface area contributed by atoms with Gasteiger partial charge < -0.3 is 20.3 Å². The Hall–Kier alpha value is -1.88. The summed E-state index contributed by atoms with van der Waals surface area (Å²) in [4.78, 5) is 2.43. The maximum Gasteiger partial charge on any atom is 0.118 e. The molecule has 1 heterocycles. The molecule has 2 bridgehead atoms. The van der Waals surface area contributed by atoms with E-state index in [0.717, 1.165) is 45.0 Å². The van der Waals surface area contributed by atoms with Crippen molar-refractivity contribution in [1.82, 2.24) is 15.5 Å². The van der Waals surface area contributed by atoms with Crippen molar-refractivity contribution in [1.29, 1.82) is 0 Å². The van der Waals surface area contributed by atoms with E-state index in [4.69, 9.17) is 4.74 Å². The molecule has 2 aromatic carbocycles. The zero-order chi connectivity index (χ0) is 18.2. The van der Waals surface area contributed by atoms with E-state index in [1.165, 1.54) is 35.1 Å². The summed E-state index contributed by atoms with van der Waals surface area (Å²) >= 11 is 0. The molecule has 0 spiro atoms. The fourth-order valence-corrected chi connectivity index (χ4v) is 3.58. The van der Waals surface area contributed by atoms with Crippen molar-refractivity contribution < 1.29 is 4.74 Å². The van der Waals surface area contributed by atoms with E-state index >= 15 is 0 Å². The molecule has 0 atom stereocenters. The number of hydrogen-bond donors (Lipinski definition) is 2. The van der Waals surface area contributed by atoms with Crippen LogP contribution >= 0.6 is 0 Å². The van der Waals surface area contributed by atoms with Gasteiger partial charge in [0.05, 0.1) is 7.11 Å². The van der Waals surface area contributed by atoms with Crippen LogP contribution in [0.15, 0.2) is 42.5 Å². The minimum Gasteiger partial charge on any atom is -0.497 e. The maximum atomic E-state index is 5.32. The van der Waals surface area contributed by atoms with Crippen LogP contribution in [0.4, 0.5) is 0 Å². The van der Waals surface area contributed by atoms with Gasteiger partial charge in [-0.2, -0.15) is 0 Å². The normalized spacial score (nSPS) is 17.5. The Morgan fingerprint density at radius 1 is 0.846 bits per heavy atom. The summed E-state index contributed by atoms with van der Waals surface area (Å²) in [5.74, 6) is 0.898. The van der Waals surface area contributed by atoms with Crippen LogP contribution in [0.3, 0.4) is 0 Å². The van der Waals surface area contributed by atoms with Crippen LogP contribution in [0.5, 0.6) is 5.75 Å². The summed E-state index contributed by atoms with van der Waals surface area (Å²) < 4.78 is 5.32. The fraction of sp³-hybridized carbons (Fsp3) is 0.455. The van der Waals surface area contributed by atoms with Gasteiger partial charge in [-0.3, -0.25) is 0 Å². The Morgan fingerprint density at radius 3 is 1.96 bits per heavy atom. The Labute approximate surface area is 157 Å². The highest BCUT2D eigenvalue weighted by molar-refractivity contribution is 5.71. The zero-order valence-electron chi connectivity index (χ0n) is 16.1. The van der Waals surface area contributed by atoms with Gasteiger partial charge in [-0.25, -0.2) is 0 Å². The molecule has 0 radical (unpaired) electrons. The zero-order valence-corrected chi connectivity index (χ0v) is 16.1. The van der Waals surface area contributed by atoms with Gasteiger partial charge in [0.25, 0.3) is 0 Å². The molecule has 140 valence electrons. The van der Waals surface area contributed by atoms with Crippen LogP contribution in [-0.2, 0) is 13.1 Å². The summed E-state index contributed by atoms with van der Waals surface area (Å²) in [5, 5.41) is 7.26. The SMILES string of the molecule is COc1ccc(-c2c3cccc2CNCCCN(C)CCCNC3)cc1. The average molecular weight is 354 g/mol. The molecule has 0 saturated carbocycles. The van der Waals surface area contributed by atoms with Gasteiger partial charge >= 0.3 is 0 Å². The minimum absolute atomic E-state index is 0.898. The Bertz CT molecular complexity index is 652. The topological polar surface area (TPSA) is 36.5 Å². The van der Waals surface area contributed by atoms with Crippen LogP contribution in [0.1, 0.15) is 24.0 Å². The Morgan fingerprint density at radius 2 is 1.42 bits per heavy atom. The predicted octanol–water partition coefficient (Wildman–Crippen LogP) is 3.27. The molecule has 0 saturated heterocycles. The average Bonchev–Trinajstić information content (AvgIpc) is 2.67. The highest BCUT2D eigenvalue weighted by Crippen LogP contribution is 2.29. The number of hydrogen-bond acceptors (Lipinski definition) is 4. The molecule has 26 heavy (non-hydrogen) atoms. The molecule has 0 aliphatic carbocycles. The third-order valence-electron chi connectivity index (χ3n) is 5.03. The van der Waals surface area contributed by atoms with Gasteiger partial charge in [0, 0.05) is 13.1 Å². The maximum absolute atomic E-state index is 5.32. The summed E-state index contributed by atoms with van der Waals surface area (Å²) in [6.07, 6.45) is 2.36. The first kappa shape index (κ1) is 18.9. The van der Waals surface area contributed by atoms with E-state index in [9.17, 15) is 0 Å². The smallest absolute Gasteiger partial charge is 0.118 e. The first-order valence-corrected chi connectivity index (χ1v) is 9.63. The number of nitrogens with one attached hydrogen (secondary N) is 2. The van der Waals surface area contributed by atoms with Crippen molar-refractivity contribution in [2.24, 2.45) is 0 Å². The second-order valence-corrected chi connectivity index (χ2v) is 7.04. The van der Waals surface area contributed by atoms with Crippen LogP contribution in [0.25, 0.3) is 11.1 Å². The van der Waals surface area contributed by atoms with Crippen LogP contribution in [-0.4, -0.2) is 45.2 Å². The molecular formula is C22H31N3O. The Kier molecular flexibility index (Phi) is 7.06. The van der Waals surface area contributed by atoms with Gasteiger partial charge in [0.15, 0.2) is 0 Å². The third-order valence-corrected chi connectivity index (χ3v) is 5.03. The van der Waals surface area contributed by atoms with E-state index in [1.807, 2.05) is 12.1 Å². The van der Waals surface area contributed by atoms with E-state index in [1.54, 1.807) is 7.11 Å². The van der Waals surface area contributed by atoms with Crippen molar-refractivity contribution in [2.75, 3.05) is 40.3 Å². The molecule has 1 aliphatic rings. The number of ether oxygens (including phenoxy) is 1. The Balaban J connectivity index is 1.87. The van der Waals surface area contributed by atoms with Crippen LogP contribution < -0.4 is 15.4 Å². The lowest BCUT2D eigenvalue weighted by Crippen LogP contribution is -2.28. The van der Waals surface area contributed by atoms with Gasteiger partial charge in [-0.15, -0.1) is 0 Å². The number of fused-ring (bicyclic) bond motifs is 2. The van der Waals surface area contributed by atoms with E-state index < -0.39 is 0 Å². The van der Waals surface area contributed by atoms with Crippen molar-refractivity contribution >= 4 is 0 Å². The highest BCUT2D eigenvalue weighted by Gasteiger charge is 2.11. The van der Waals surface area contributed by atoms with Crippen molar-refractivity contribution in [2.45, 2.75) is 25.9 Å². The molecule has 2 aromatic rings. The molecule has 1 aliphatic heterocycles.